The zero-order valence-corrected chi connectivity index (χ0v) is 16.8. The molecule has 0 spiro atoms. The number of hydrogen-bond acceptors (Lipinski definition) is 3. The van der Waals surface area contributed by atoms with Gasteiger partial charge in [-0.05, 0) is 66.5 Å². The summed E-state index contributed by atoms with van der Waals surface area (Å²) >= 11 is 0. The van der Waals surface area contributed by atoms with Gasteiger partial charge in [-0.2, -0.15) is 0 Å². The zero-order valence-electron chi connectivity index (χ0n) is 16.8. The lowest BCUT2D eigenvalue weighted by Gasteiger charge is -2.40. The second-order valence-electron chi connectivity index (χ2n) is 8.77. The Kier molecular flexibility index (Phi) is 4.56. The summed E-state index contributed by atoms with van der Waals surface area (Å²) in [5.41, 5.74) is 10.7. The molecule has 0 saturated carbocycles. The molecule has 4 rings (SSSR count). The van der Waals surface area contributed by atoms with Gasteiger partial charge in [0.2, 0.25) is 0 Å². The highest BCUT2D eigenvalue weighted by atomic mass is 19.1. The van der Waals surface area contributed by atoms with Crippen LogP contribution in [0.25, 0.3) is 0 Å². The molecule has 1 fully saturated rings. The van der Waals surface area contributed by atoms with Gasteiger partial charge in [0, 0.05) is 18.8 Å². The Morgan fingerprint density at radius 1 is 1.21 bits per heavy atom. The highest BCUT2D eigenvalue weighted by molar-refractivity contribution is 5.99. The van der Waals surface area contributed by atoms with Gasteiger partial charge in [-0.3, -0.25) is 4.79 Å². The molecule has 0 radical (unpaired) electrons. The molecule has 2 aliphatic heterocycles. The summed E-state index contributed by atoms with van der Waals surface area (Å²) < 4.78 is 14.1. The minimum Gasteiger partial charge on any atom is -0.377 e. The Labute approximate surface area is 165 Å². The molecule has 4 nitrogen and oxygen atoms in total. The fourth-order valence-electron chi connectivity index (χ4n) is 4.68. The zero-order chi connectivity index (χ0) is 20.1. The van der Waals surface area contributed by atoms with Crippen LogP contribution in [0.3, 0.4) is 0 Å². The number of nitrogens with two attached hydrogens (primary N) is 1. The summed E-state index contributed by atoms with van der Waals surface area (Å²) in [7, 11) is 0. The standard InChI is InChI=1S/C23H28FN3O/c1-14-6-7-15(10-20(14)27-8-4-5-9-27)19-13-23(2,3)18-12-16(24)11-17(22(25)28)21(18)26-19/h6-7,10-12,19,26H,4-5,8-9,13H2,1-3H3,(H2,25,28). The van der Waals surface area contributed by atoms with E-state index in [1.807, 2.05) is 0 Å². The van der Waals surface area contributed by atoms with Crippen molar-refractivity contribution in [2.45, 2.75) is 51.5 Å². The average Bonchev–Trinajstić information content (AvgIpc) is 3.16. The maximum Gasteiger partial charge on any atom is 0.250 e. The van der Waals surface area contributed by atoms with Crippen LogP contribution >= 0.6 is 0 Å². The van der Waals surface area contributed by atoms with Crippen molar-refractivity contribution in [2.75, 3.05) is 23.3 Å². The van der Waals surface area contributed by atoms with Gasteiger partial charge in [0.1, 0.15) is 5.82 Å². The summed E-state index contributed by atoms with van der Waals surface area (Å²) in [4.78, 5) is 14.4. The number of hydrogen-bond donors (Lipinski definition) is 2. The van der Waals surface area contributed by atoms with Crippen LogP contribution in [0.5, 0.6) is 0 Å². The fourth-order valence-corrected chi connectivity index (χ4v) is 4.68. The molecule has 148 valence electrons. The van der Waals surface area contributed by atoms with Crippen molar-refractivity contribution < 1.29 is 9.18 Å². The van der Waals surface area contributed by atoms with Crippen molar-refractivity contribution >= 4 is 17.3 Å². The van der Waals surface area contributed by atoms with Crippen LogP contribution in [0.15, 0.2) is 30.3 Å². The largest absolute Gasteiger partial charge is 0.377 e. The highest BCUT2D eigenvalue weighted by Crippen LogP contribution is 2.46. The lowest BCUT2D eigenvalue weighted by Crippen LogP contribution is -2.33. The first-order chi connectivity index (χ1) is 13.3. The molecule has 2 aromatic carbocycles. The second kappa shape index (κ2) is 6.80. The van der Waals surface area contributed by atoms with E-state index in [9.17, 15) is 9.18 Å². The maximum atomic E-state index is 14.1. The van der Waals surface area contributed by atoms with Crippen molar-refractivity contribution in [3.05, 3.63) is 58.4 Å². The van der Waals surface area contributed by atoms with E-state index in [2.05, 4.69) is 49.2 Å². The van der Waals surface area contributed by atoms with Crippen molar-refractivity contribution in [3.63, 3.8) is 0 Å². The fraction of sp³-hybridized carbons (Fsp3) is 0.435. The van der Waals surface area contributed by atoms with Crippen LogP contribution in [0.2, 0.25) is 0 Å². The van der Waals surface area contributed by atoms with Gasteiger partial charge in [0.25, 0.3) is 5.91 Å². The van der Waals surface area contributed by atoms with E-state index in [1.54, 1.807) is 0 Å². The molecule has 1 amide bonds. The lowest BCUT2D eigenvalue weighted by molar-refractivity contribution is 0.1000. The van der Waals surface area contributed by atoms with E-state index in [-0.39, 0.29) is 17.0 Å². The van der Waals surface area contributed by atoms with Gasteiger partial charge < -0.3 is 16.0 Å². The number of amides is 1. The Hall–Kier alpha value is -2.56. The quantitative estimate of drug-likeness (QED) is 0.812. The number of fused-ring (bicyclic) bond motifs is 1. The van der Waals surface area contributed by atoms with Gasteiger partial charge in [0.05, 0.1) is 17.3 Å². The summed E-state index contributed by atoms with van der Waals surface area (Å²) in [5, 5.41) is 3.50. The third-order valence-corrected chi connectivity index (χ3v) is 6.21. The number of aryl methyl sites for hydroxylation is 1. The van der Waals surface area contributed by atoms with Gasteiger partial charge in [-0.15, -0.1) is 0 Å². The summed E-state index contributed by atoms with van der Waals surface area (Å²) in [6.45, 7) is 8.54. The number of halogens is 1. The second-order valence-corrected chi connectivity index (χ2v) is 8.77. The number of primary amides is 1. The van der Waals surface area contributed by atoms with Gasteiger partial charge in [0.15, 0.2) is 0 Å². The minimum absolute atomic E-state index is 0.0352. The predicted octanol–water partition coefficient (Wildman–Crippen LogP) is 4.67. The monoisotopic (exact) mass is 381 g/mol. The molecule has 28 heavy (non-hydrogen) atoms. The van der Waals surface area contributed by atoms with E-state index < -0.39 is 11.7 Å². The normalized spacial score (nSPS) is 20.6. The number of nitrogens with one attached hydrogen (secondary N) is 1. The van der Waals surface area contributed by atoms with E-state index in [1.165, 1.54) is 41.8 Å². The number of anilines is 2. The van der Waals surface area contributed by atoms with Crippen molar-refractivity contribution in [3.8, 4) is 0 Å². The van der Waals surface area contributed by atoms with Crippen LogP contribution in [0, 0.1) is 12.7 Å². The molecule has 3 N–H and O–H groups in total. The summed E-state index contributed by atoms with van der Waals surface area (Å²) in [6.07, 6.45) is 3.28. The smallest absolute Gasteiger partial charge is 0.250 e. The molecule has 0 aliphatic carbocycles. The van der Waals surface area contributed by atoms with Crippen LogP contribution in [0.1, 0.15) is 66.2 Å². The number of nitrogens with zero attached hydrogens (tertiary/aromatic N) is 1. The molecule has 0 bridgehead atoms. The third kappa shape index (κ3) is 3.23. The Bertz CT molecular complexity index is 932. The average molecular weight is 381 g/mol. The Morgan fingerprint density at radius 2 is 1.93 bits per heavy atom. The summed E-state index contributed by atoms with van der Waals surface area (Å²) in [5.74, 6) is -1.03. The first kappa shape index (κ1) is 18.8. The molecule has 1 unspecified atom stereocenters. The highest BCUT2D eigenvalue weighted by Gasteiger charge is 2.36. The summed E-state index contributed by atoms with van der Waals surface area (Å²) in [6, 6.07) is 9.39. The van der Waals surface area contributed by atoms with Crippen LogP contribution in [-0.2, 0) is 5.41 Å². The predicted molar refractivity (Wildman–Crippen MR) is 112 cm³/mol. The number of carbonyl (C=O) groups excluding carboxylic acids is 1. The van der Waals surface area contributed by atoms with Gasteiger partial charge in [-0.25, -0.2) is 4.39 Å². The first-order valence-electron chi connectivity index (χ1n) is 10.0. The number of benzene rings is 2. The van der Waals surface area contributed by atoms with Crippen molar-refractivity contribution in [2.24, 2.45) is 5.73 Å². The molecule has 1 saturated heterocycles. The number of rotatable bonds is 3. The number of carbonyl (C=O) groups is 1. The van der Waals surface area contributed by atoms with E-state index in [0.717, 1.165) is 25.1 Å². The van der Waals surface area contributed by atoms with E-state index >= 15 is 0 Å². The Morgan fingerprint density at radius 3 is 2.61 bits per heavy atom. The van der Waals surface area contributed by atoms with E-state index in [4.69, 9.17) is 5.73 Å². The molecule has 2 heterocycles. The first-order valence-corrected chi connectivity index (χ1v) is 10.0. The molecular formula is C23H28FN3O. The maximum absolute atomic E-state index is 14.1. The SMILES string of the molecule is Cc1ccc(C2CC(C)(C)c3cc(F)cc(C(N)=O)c3N2)cc1N1CCCC1. The topological polar surface area (TPSA) is 58.4 Å². The van der Waals surface area contributed by atoms with Crippen LogP contribution < -0.4 is 16.0 Å². The van der Waals surface area contributed by atoms with Gasteiger partial charge in [-0.1, -0.05) is 26.0 Å². The molecule has 0 aromatic heterocycles. The van der Waals surface area contributed by atoms with Crippen LogP contribution in [-0.4, -0.2) is 19.0 Å². The molecule has 2 aliphatic rings. The van der Waals surface area contributed by atoms with Crippen molar-refractivity contribution in [1.82, 2.24) is 0 Å². The molecular weight excluding hydrogens is 353 g/mol. The molecule has 1 atom stereocenters. The van der Waals surface area contributed by atoms with E-state index in [0.29, 0.717) is 5.69 Å². The molecule has 5 heteroatoms. The van der Waals surface area contributed by atoms with Crippen molar-refractivity contribution in [1.29, 1.82) is 0 Å². The third-order valence-electron chi connectivity index (χ3n) is 6.21. The lowest BCUT2D eigenvalue weighted by atomic mass is 9.73. The minimum atomic E-state index is -0.610. The molecule has 2 aromatic rings. The Balaban J connectivity index is 1.76. The van der Waals surface area contributed by atoms with Crippen LogP contribution in [0.4, 0.5) is 15.8 Å². The van der Waals surface area contributed by atoms with Gasteiger partial charge >= 0.3 is 0 Å².